The topological polar surface area (TPSA) is 228 Å². The highest BCUT2D eigenvalue weighted by Gasteiger charge is 2.51. The van der Waals surface area contributed by atoms with Crippen molar-refractivity contribution in [3.8, 4) is 0 Å². The van der Waals surface area contributed by atoms with Crippen molar-refractivity contribution in [1.82, 2.24) is 5.32 Å². The number of aliphatic hydroxyl groups excluding tert-OH is 8. The van der Waals surface area contributed by atoms with E-state index in [2.05, 4.69) is 19.2 Å². The lowest BCUT2D eigenvalue weighted by molar-refractivity contribution is -0.359. The first kappa shape index (κ1) is 56.9. The van der Waals surface area contributed by atoms with E-state index in [1.54, 1.807) is 6.08 Å². The fraction of sp³-hybridized carbons (Fsp3) is 0.938. The summed E-state index contributed by atoms with van der Waals surface area (Å²) in [7, 11) is 0. The van der Waals surface area contributed by atoms with Crippen LogP contribution in [0.15, 0.2) is 12.2 Å². The molecule has 2 heterocycles. The SMILES string of the molecule is CCCCCCCCC/C=C/[C@@H](O)[C@H](CO[C@@H]1O[C@H](CO)[C@@H](O[C@@H]2O[C@H](CO)[C@H](O)C(O)C2O)C(O)C1O)NC(=O)CCCCCCCCCCCCCCCCCCCCC. The summed E-state index contributed by atoms with van der Waals surface area (Å²) in [5.74, 6) is -0.239. The van der Waals surface area contributed by atoms with Gasteiger partial charge in [-0.3, -0.25) is 4.79 Å². The van der Waals surface area contributed by atoms with Crippen molar-refractivity contribution in [3.63, 3.8) is 0 Å². The van der Waals surface area contributed by atoms with Crippen LogP contribution in [0.2, 0.25) is 0 Å². The number of hydrogen-bond acceptors (Lipinski definition) is 13. The maximum atomic E-state index is 13.1. The molecule has 14 nitrogen and oxygen atoms in total. The molecule has 9 N–H and O–H groups in total. The molecule has 0 bridgehead atoms. The van der Waals surface area contributed by atoms with Crippen LogP contribution in [0.25, 0.3) is 0 Å². The molecular weight excluding hydrogens is 799 g/mol. The maximum Gasteiger partial charge on any atom is 0.220 e. The highest BCUT2D eigenvalue weighted by Crippen LogP contribution is 2.30. The van der Waals surface area contributed by atoms with Gasteiger partial charge in [0.05, 0.1) is 32.0 Å². The molecule has 2 aliphatic heterocycles. The van der Waals surface area contributed by atoms with E-state index in [1.807, 2.05) is 6.08 Å². The molecule has 2 fully saturated rings. The Kier molecular flexibility index (Phi) is 32.9. The van der Waals surface area contributed by atoms with Gasteiger partial charge in [-0.25, -0.2) is 0 Å². The highest BCUT2D eigenvalue weighted by atomic mass is 16.7. The molecule has 366 valence electrons. The lowest BCUT2D eigenvalue weighted by atomic mass is 9.97. The Morgan fingerprint density at radius 2 is 1.00 bits per heavy atom. The first-order valence-corrected chi connectivity index (χ1v) is 24.9. The Hall–Kier alpha value is -1.27. The predicted molar refractivity (Wildman–Crippen MR) is 240 cm³/mol. The van der Waals surface area contributed by atoms with Gasteiger partial charge in [0.15, 0.2) is 12.6 Å². The molecule has 2 aliphatic rings. The number of allylic oxidation sites excluding steroid dienone is 1. The fourth-order valence-corrected chi connectivity index (χ4v) is 8.35. The van der Waals surface area contributed by atoms with Crippen molar-refractivity contribution in [2.24, 2.45) is 0 Å². The molecule has 12 atom stereocenters. The van der Waals surface area contributed by atoms with Crippen LogP contribution >= 0.6 is 0 Å². The van der Waals surface area contributed by atoms with Crippen molar-refractivity contribution in [2.75, 3.05) is 19.8 Å². The minimum Gasteiger partial charge on any atom is -0.394 e. The summed E-state index contributed by atoms with van der Waals surface area (Å²) < 4.78 is 22.6. The molecular formula is C48H91NO13. The van der Waals surface area contributed by atoms with Crippen LogP contribution in [-0.2, 0) is 23.7 Å². The van der Waals surface area contributed by atoms with Crippen LogP contribution < -0.4 is 5.32 Å². The Morgan fingerprint density at radius 3 is 1.48 bits per heavy atom. The van der Waals surface area contributed by atoms with Crippen LogP contribution in [-0.4, -0.2) is 140 Å². The smallest absolute Gasteiger partial charge is 0.220 e. The standard InChI is InChI=1S/C48H91NO13/c1-3-5-7-9-11-13-14-15-16-17-18-19-20-21-22-24-26-28-30-32-40(53)49-36(37(52)31-29-27-25-23-12-10-8-6-4-2)35-59-47-45(58)43(56)46(39(34-51)61-47)62-48-44(57)42(55)41(54)38(33-50)60-48/h29,31,36-39,41-48,50-52,54-58H,3-28,30,32-35H2,1-2H3,(H,49,53)/b31-29+/t36-,37+,38+,39+,41-,42?,43?,44?,45?,46+,47+,48-/m0/s1. The molecule has 2 saturated heterocycles. The summed E-state index contributed by atoms with van der Waals surface area (Å²) in [6, 6.07) is -0.906. The van der Waals surface area contributed by atoms with E-state index in [-0.39, 0.29) is 18.9 Å². The first-order valence-electron chi connectivity index (χ1n) is 24.9. The molecule has 0 aromatic heterocycles. The van der Waals surface area contributed by atoms with Crippen LogP contribution in [0.1, 0.15) is 194 Å². The van der Waals surface area contributed by atoms with Gasteiger partial charge in [-0.1, -0.05) is 180 Å². The number of hydrogen-bond donors (Lipinski definition) is 9. The second-order valence-corrected chi connectivity index (χ2v) is 18.0. The minimum absolute atomic E-state index is 0.239. The Balaban J connectivity index is 1.79. The Morgan fingerprint density at radius 1 is 0.565 bits per heavy atom. The molecule has 0 aliphatic carbocycles. The number of carbonyl (C=O) groups excluding carboxylic acids is 1. The van der Waals surface area contributed by atoms with E-state index in [9.17, 15) is 45.6 Å². The molecule has 4 unspecified atom stereocenters. The normalized spacial score (nSPS) is 27.8. The third-order valence-corrected chi connectivity index (χ3v) is 12.5. The summed E-state index contributed by atoms with van der Waals surface area (Å²) in [4.78, 5) is 13.1. The molecule has 1 amide bonds. The number of aliphatic hydroxyl groups is 8. The molecule has 0 saturated carbocycles. The van der Waals surface area contributed by atoms with E-state index in [0.717, 1.165) is 38.5 Å². The summed E-state index contributed by atoms with van der Waals surface area (Å²) in [6.45, 7) is 2.75. The number of nitrogens with one attached hydrogen (secondary N) is 1. The Labute approximate surface area is 374 Å². The molecule has 0 aromatic rings. The molecule has 0 spiro atoms. The fourth-order valence-electron chi connectivity index (χ4n) is 8.35. The zero-order valence-electron chi connectivity index (χ0n) is 38.6. The van der Waals surface area contributed by atoms with Crippen molar-refractivity contribution in [3.05, 3.63) is 12.2 Å². The van der Waals surface area contributed by atoms with Gasteiger partial charge in [0.1, 0.15) is 48.8 Å². The van der Waals surface area contributed by atoms with Crippen LogP contribution in [0.3, 0.4) is 0 Å². The average Bonchev–Trinajstić information content (AvgIpc) is 3.27. The van der Waals surface area contributed by atoms with Crippen LogP contribution in [0.5, 0.6) is 0 Å². The van der Waals surface area contributed by atoms with Crippen molar-refractivity contribution in [2.45, 2.75) is 267 Å². The number of amides is 1. The summed E-state index contributed by atoms with van der Waals surface area (Å²) in [5, 5.41) is 86.5. The largest absolute Gasteiger partial charge is 0.394 e. The average molecular weight is 890 g/mol. The lowest BCUT2D eigenvalue weighted by Gasteiger charge is -2.46. The molecule has 14 heteroatoms. The summed E-state index contributed by atoms with van der Waals surface area (Å²) in [6.07, 6.45) is 19.8. The van der Waals surface area contributed by atoms with E-state index >= 15 is 0 Å². The number of ether oxygens (including phenoxy) is 4. The highest BCUT2D eigenvalue weighted by molar-refractivity contribution is 5.76. The summed E-state index contributed by atoms with van der Waals surface area (Å²) >= 11 is 0. The van der Waals surface area contributed by atoms with Gasteiger partial charge in [-0.2, -0.15) is 0 Å². The van der Waals surface area contributed by atoms with Gasteiger partial charge >= 0.3 is 0 Å². The Bertz CT molecular complexity index is 1100. The van der Waals surface area contributed by atoms with Gasteiger partial charge in [0, 0.05) is 6.42 Å². The summed E-state index contributed by atoms with van der Waals surface area (Å²) in [5.41, 5.74) is 0. The number of unbranched alkanes of at least 4 members (excludes halogenated alkanes) is 25. The zero-order chi connectivity index (χ0) is 45.4. The monoisotopic (exact) mass is 890 g/mol. The third kappa shape index (κ3) is 23.3. The van der Waals surface area contributed by atoms with Gasteiger partial charge in [0.25, 0.3) is 0 Å². The van der Waals surface area contributed by atoms with E-state index < -0.39 is 86.8 Å². The molecule has 0 radical (unpaired) electrons. The maximum absolute atomic E-state index is 13.1. The van der Waals surface area contributed by atoms with Crippen LogP contribution in [0, 0.1) is 0 Å². The number of rotatable bonds is 38. The quantitative estimate of drug-likeness (QED) is 0.0257. The van der Waals surface area contributed by atoms with E-state index in [4.69, 9.17) is 18.9 Å². The van der Waals surface area contributed by atoms with Crippen molar-refractivity contribution in [1.29, 1.82) is 0 Å². The van der Waals surface area contributed by atoms with Crippen LogP contribution in [0.4, 0.5) is 0 Å². The van der Waals surface area contributed by atoms with E-state index in [0.29, 0.717) is 6.42 Å². The van der Waals surface area contributed by atoms with Crippen molar-refractivity contribution >= 4 is 5.91 Å². The van der Waals surface area contributed by atoms with Gasteiger partial charge in [0.2, 0.25) is 5.91 Å². The molecule has 2 rings (SSSR count). The van der Waals surface area contributed by atoms with Gasteiger partial charge in [-0.05, 0) is 19.3 Å². The van der Waals surface area contributed by atoms with Crippen molar-refractivity contribution < 1.29 is 64.6 Å². The number of carbonyl (C=O) groups is 1. The molecule has 62 heavy (non-hydrogen) atoms. The minimum atomic E-state index is -1.78. The third-order valence-electron chi connectivity index (χ3n) is 12.5. The van der Waals surface area contributed by atoms with Gasteiger partial charge < -0.3 is 65.1 Å². The van der Waals surface area contributed by atoms with E-state index in [1.165, 1.54) is 128 Å². The zero-order valence-corrected chi connectivity index (χ0v) is 38.6. The first-order chi connectivity index (χ1) is 30.1. The molecule has 0 aromatic carbocycles. The second-order valence-electron chi connectivity index (χ2n) is 18.0. The van der Waals surface area contributed by atoms with Gasteiger partial charge in [-0.15, -0.1) is 0 Å². The lowest BCUT2D eigenvalue weighted by Crippen LogP contribution is -2.65. The second kappa shape index (κ2) is 35.9. The predicted octanol–water partition coefficient (Wildman–Crippen LogP) is 5.99.